The van der Waals surface area contributed by atoms with Crippen LogP contribution in [0, 0.1) is 0 Å². The molecular formula is C9H10O2S. The van der Waals surface area contributed by atoms with E-state index in [-0.39, 0.29) is 0 Å². The van der Waals surface area contributed by atoms with Gasteiger partial charge in [0.1, 0.15) is 0 Å². The van der Waals surface area contributed by atoms with Gasteiger partial charge in [-0.15, -0.1) is 12.6 Å². The van der Waals surface area contributed by atoms with Crippen molar-refractivity contribution in [2.24, 2.45) is 0 Å². The van der Waals surface area contributed by atoms with Crippen molar-refractivity contribution in [1.29, 1.82) is 0 Å². The largest absolute Gasteiger partial charge is 0.478 e. The minimum atomic E-state index is -0.875. The SMILES string of the molecule is CCc1cc(S)ccc1C(=O)O. The minimum absolute atomic E-state index is 0.371. The van der Waals surface area contributed by atoms with Gasteiger partial charge >= 0.3 is 5.97 Å². The third-order valence-electron chi connectivity index (χ3n) is 1.70. The third-order valence-corrected chi connectivity index (χ3v) is 1.98. The third kappa shape index (κ3) is 1.80. The van der Waals surface area contributed by atoms with Gasteiger partial charge in [0.15, 0.2) is 0 Å². The highest BCUT2D eigenvalue weighted by molar-refractivity contribution is 7.80. The molecule has 0 aromatic heterocycles. The number of hydrogen-bond donors (Lipinski definition) is 2. The van der Waals surface area contributed by atoms with Gasteiger partial charge in [0.25, 0.3) is 0 Å². The van der Waals surface area contributed by atoms with Crippen LogP contribution in [-0.2, 0) is 6.42 Å². The van der Waals surface area contributed by atoms with Gasteiger partial charge in [0.05, 0.1) is 5.56 Å². The van der Waals surface area contributed by atoms with Gasteiger partial charge in [-0.1, -0.05) is 6.92 Å². The predicted octanol–water partition coefficient (Wildman–Crippen LogP) is 2.24. The van der Waals surface area contributed by atoms with Crippen LogP contribution in [0.15, 0.2) is 23.1 Å². The Morgan fingerprint density at radius 3 is 2.75 bits per heavy atom. The Morgan fingerprint density at radius 1 is 1.58 bits per heavy atom. The quantitative estimate of drug-likeness (QED) is 0.688. The molecule has 0 aliphatic carbocycles. The van der Waals surface area contributed by atoms with Crippen molar-refractivity contribution in [3.8, 4) is 0 Å². The lowest BCUT2D eigenvalue weighted by atomic mass is 10.1. The van der Waals surface area contributed by atoms with Gasteiger partial charge in [-0.05, 0) is 30.2 Å². The lowest BCUT2D eigenvalue weighted by molar-refractivity contribution is 0.0695. The highest BCUT2D eigenvalue weighted by Crippen LogP contribution is 2.15. The number of rotatable bonds is 2. The van der Waals surface area contributed by atoms with Crippen LogP contribution in [0.4, 0.5) is 0 Å². The molecule has 1 N–H and O–H groups in total. The van der Waals surface area contributed by atoms with Crippen LogP contribution in [0.5, 0.6) is 0 Å². The van der Waals surface area contributed by atoms with Crippen molar-refractivity contribution in [1.82, 2.24) is 0 Å². The first kappa shape index (κ1) is 9.13. The van der Waals surface area contributed by atoms with Crippen molar-refractivity contribution in [2.45, 2.75) is 18.2 Å². The van der Waals surface area contributed by atoms with E-state index < -0.39 is 5.97 Å². The van der Waals surface area contributed by atoms with E-state index in [9.17, 15) is 4.79 Å². The summed E-state index contributed by atoms with van der Waals surface area (Å²) in [6.45, 7) is 1.93. The minimum Gasteiger partial charge on any atom is -0.478 e. The fraction of sp³-hybridized carbons (Fsp3) is 0.222. The van der Waals surface area contributed by atoms with Crippen molar-refractivity contribution < 1.29 is 9.90 Å². The summed E-state index contributed by atoms with van der Waals surface area (Å²) in [5.41, 5.74) is 1.20. The lowest BCUT2D eigenvalue weighted by Gasteiger charge is -2.03. The molecule has 0 saturated heterocycles. The second-order valence-corrected chi connectivity index (χ2v) is 3.02. The van der Waals surface area contributed by atoms with Crippen LogP contribution >= 0.6 is 12.6 Å². The summed E-state index contributed by atoms with van der Waals surface area (Å²) < 4.78 is 0. The summed E-state index contributed by atoms with van der Waals surface area (Å²) >= 11 is 4.13. The maximum absolute atomic E-state index is 10.7. The van der Waals surface area contributed by atoms with Crippen molar-refractivity contribution in [3.63, 3.8) is 0 Å². The zero-order valence-electron chi connectivity index (χ0n) is 6.74. The number of aryl methyl sites for hydroxylation is 1. The van der Waals surface area contributed by atoms with E-state index >= 15 is 0 Å². The lowest BCUT2D eigenvalue weighted by Crippen LogP contribution is -2.01. The number of thiol groups is 1. The fourth-order valence-corrected chi connectivity index (χ4v) is 1.31. The Hall–Kier alpha value is -0.960. The van der Waals surface area contributed by atoms with Gasteiger partial charge in [-0.25, -0.2) is 4.79 Å². The molecule has 0 bridgehead atoms. The molecule has 1 aromatic carbocycles. The Bertz CT molecular complexity index is 307. The summed E-state index contributed by atoms with van der Waals surface area (Å²) in [4.78, 5) is 11.5. The van der Waals surface area contributed by atoms with Crippen LogP contribution in [0.25, 0.3) is 0 Å². The second kappa shape index (κ2) is 3.63. The number of hydrogen-bond acceptors (Lipinski definition) is 2. The standard InChI is InChI=1S/C9H10O2S/c1-2-6-5-7(12)3-4-8(6)9(10)11/h3-5,12H,2H2,1H3,(H,10,11). The number of benzene rings is 1. The fourth-order valence-electron chi connectivity index (χ4n) is 1.08. The molecule has 3 heteroatoms. The molecular weight excluding hydrogens is 172 g/mol. The van der Waals surface area contributed by atoms with E-state index in [1.807, 2.05) is 6.92 Å². The van der Waals surface area contributed by atoms with Crippen LogP contribution in [-0.4, -0.2) is 11.1 Å². The number of carbonyl (C=O) groups is 1. The van der Waals surface area contributed by atoms with E-state index in [4.69, 9.17) is 5.11 Å². The zero-order valence-corrected chi connectivity index (χ0v) is 7.64. The molecule has 2 nitrogen and oxygen atoms in total. The average Bonchev–Trinajstić information content (AvgIpc) is 2.03. The Morgan fingerprint density at radius 2 is 2.25 bits per heavy atom. The molecule has 64 valence electrons. The number of aromatic carboxylic acids is 1. The Kier molecular flexibility index (Phi) is 2.76. The molecule has 0 saturated carbocycles. The molecule has 0 radical (unpaired) electrons. The highest BCUT2D eigenvalue weighted by atomic mass is 32.1. The number of carboxylic acid groups (broad SMARTS) is 1. The summed E-state index contributed by atoms with van der Waals surface area (Å²) in [5.74, 6) is -0.875. The maximum atomic E-state index is 10.7. The average molecular weight is 182 g/mol. The van der Waals surface area contributed by atoms with E-state index in [2.05, 4.69) is 12.6 Å². The smallest absolute Gasteiger partial charge is 0.335 e. The Labute approximate surface area is 76.6 Å². The van der Waals surface area contributed by atoms with Gasteiger partial charge in [0, 0.05) is 4.90 Å². The van der Waals surface area contributed by atoms with Crippen molar-refractivity contribution in [3.05, 3.63) is 29.3 Å². The molecule has 0 aliphatic rings. The summed E-state index contributed by atoms with van der Waals surface area (Å²) in [7, 11) is 0. The van der Waals surface area contributed by atoms with Crippen LogP contribution in [0.3, 0.4) is 0 Å². The van der Waals surface area contributed by atoms with Crippen LogP contribution < -0.4 is 0 Å². The first-order valence-electron chi connectivity index (χ1n) is 3.70. The molecule has 12 heavy (non-hydrogen) atoms. The normalized spacial score (nSPS) is 9.83. The van der Waals surface area contributed by atoms with E-state index in [1.165, 1.54) is 0 Å². The zero-order chi connectivity index (χ0) is 9.14. The summed E-state index contributed by atoms with van der Waals surface area (Å²) in [6.07, 6.45) is 0.718. The van der Waals surface area contributed by atoms with E-state index in [1.54, 1.807) is 18.2 Å². The molecule has 0 amide bonds. The number of carboxylic acids is 1. The molecule has 0 aliphatic heterocycles. The molecule has 0 atom stereocenters. The molecule has 1 rings (SSSR count). The molecule has 1 aromatic rings. The second-order valence-electron chi connectivity index (χ2n) is 2.50. The Balaban J connectivity index is 3.20. The van der Waals surface area contributed by atoms with E-state index in [0.717, 1.165) is 16.9 Å². The molecule has 0 unspecified atom stereocenters. The summed E-state index contributed by atoms with van der Waals surface area (Å²) in [5, 5.41) is 8.76. The predicted molar refractivity (Wildman–Crippen MR) is 50.0 cm³/mol. The first-order chi connectivity index (χ1) is 5.65. The first-order valence-corrected chi connectivity index (χ1v) is 4.15. The van der Waals surface area contributed by atoms with Gasteiger partial charge in [0.2, 0.25) is 0 Å². The highest BCUT2D eigenvalue weighted by Gasteiger charge is 2.07. The van der Waals surface area contributed by atoms with Crippen LogP contribution in [0.2, 0.25) is 0 Å². The van der Waals surface area contributed by atoms with Gasteiger partial charge < -0.3 is 5.11 Å². The van der Waals surface area contributed by atoms with Crippen molar-refractivity contribution >= 4 is 18.6 Å². The monoisotopic (exact) mass is 182 g/mol. The van der Waals surface area contributed by atoms with E-state index in [0.29, 0.717) is 5.56 Å². The van der Waals surface area contributed by atoms with Gasteiger partial charge in [-0.3, -0.25) is 0 Å². The molecule has 0 spiro atoms. The maximum Gasteiger partial charge on any atom is 0.335 e. The molecule has 0 fully saturated rings. The molecule has 0 heterocycles. The summed E-state index contributed by atoms with van der Waals surface area (Å²) in [6, 6.07) is 5.06. The van der Waals surface area contributed by atoms with Crippen LogP contribution in [0.1, 0.15) is 22.8 Å². The van der Waals surface area contributed by atoms with Gasteiger partial charge in [-0.2, -0.15) is 0 Å². The topological polar surface area (TPSA) is 37.3 Å². The van der Waals surface area contributed by atoms with Crippen molar-refractivity contribution in [2.75, 3.05) is 0 Å².